The number of primary amides is 1. The number of aryl methyl sites for hydroxylation is 1. The van der Waals surface area contributed by atoms with Crippen LogP contribution in [0, 0.1) is 12.3 Å². The van der Waals surface area contributed by atoms with Gasteiger partial charge in [0.05, 0.1) is 6.04 Å². The van der Waals surface area contributed by atoms with Crippen molar-refractivity contribution in [3.8, 4) is 0 Å². The van der Waals surface area contributed by atoms with Gasteiger partial charge in [-0.2, -0.15) is 0 Å². The highest BCUT2D eigenvalue weighted by atomic mass is 32.1. The monoisotopic (exact) mass is 398 g/mol. The van der Waals surface area contributed by atoms with Crippen molar-refractivity contribution in [2.45, 2.75) is 38.8 Å². The molecular weight excluding hydrogens is 375 g/mol. The summed E-state index contributed by atoms with van der Waals surface area (Å²) in [6.07, 6.45) is 1.59. The second kappa shape index (κ2) is 7.41. The molecule has 2 heterocycles. The first-order valence-electron chi connectivity index (χ1n) is 8.90. The van der Waals surface area contributed by atoms with Crippen LogP contribution >= 0.6 is 11.3 Å². The minimum Gasteiger partial charge on any atom is -0.369 e. The first kappa shape index (κ1) is 19.5. The lowest BCUT2D eigenvalue weighted by Crippen LogP contribution is -2.63. The van der Waals surface area contributed by atoms with Crippen molar-refractivity contribution in [1.82, 2.24) is 14.4 Å². The van der Waals surface area contributed by atoms with Crippen molar-refractivity contribution in [1.29, 1.82) is 0 Å². The number of thiazole rings is 1. The molecule has 3 amide bonds. The third kappa shape index (κ3) is 3.38. The summed E-state index contributed by atoms with van der Waals surface area (Å²) in [5.41, 5.74) is 4.94. The van der Waals surface area contributed by atoms with Gasteiger partial charge >= 0.3 is 4.87 Å². The molecule has 0 bridgehead atoms. The van der Waals surface area contributed by atoms with Gasteiger partial charge in [-0.3, -0.25) is 23.7 Å². The fraction of sp³-hybridized carbons (Fsp3) is 0.647. The van der Waals surface area contributed by atoms with Crippen LogP contribution in [0.2, 0.25) is 0 Å². The summed E-state index contributed by atoms with van der Waals surface area (Å²) in [5, 5.41) is 1.67. The van der Waals surface area contributed by atoms with Crippen LogP contribution in [0.25, 0.3) is 0 Å². The molecule has 1 aliphatic heterocycles. The molecule has 1 saturated heterocycles. The topological polar surface area (TPSA) is 106 Å². The average molecular weight is 398 g/mol. The highest BCUT2D eigenvalue weighted by Gasteiger charge is 2.52. The lowest BCUT2D eigenvalue weighted by atomic mass is 9.67. The molecule has 1 aliphatic carbocycles. The number of alkyl halides is 1. The zero-order chi connectivity index (χ0) is 19.8. The van der Waals surface area contributed by atoms with Gasteiger partial charge in [0.1, 0.15) is 18.6 Å². The molecule has 0 aromatic carbocycles. The average Bonchev–Trinajstić information content (AvgIpc) is 2.91. The van der Waals surface area contributed by atoms with Gasteiger partial charge in [0.2, 0.25) is 17.7 Å². The van der Waals surface area contributed by atoms with Gasteiger partial charge in [-0.05, 0) is 19.8 Å². The van der Waals surface area contributed by atoms with Crippen molar-refractivity contribution in [3.63, 3.8) is 0 Å². The number of nitrogens with zero attached hydrogens (tertiary/aromatic N) is 3. The number of hydrogen-bond acceptors (Lipinski definition) is 5. The first-order valence-corrected chi connectivity index (χ1v) is 9.78. The molecule has 27 heavy (non-hydrogen) atoms. The molecule has 0 spiro atoms. The van der Waals surface area contributed by atoms with E-state index in [1.165, 1.54) is 14.4 Å². The highest BCUT2D eigenvalue weighted by Crippen LogP contribution is 2.42. The van der Waals surface area contributed by atoms with Crippen molar-refractivity contribution < 1.29 is 18.8 Å². The molecular formula is C17H23FN4O4S. The predicted octanol–water partition coefficient (Wildman–Crippen LogP) is -0.117. The zero-order valence-electron chi connectivity index (χ0n) is 15.1. The Hall–Kier alpha value is -2.23. The number of rotatable bonds is 5. The van der Waals surface area contributed by atoms with Crippen LogP contribution in [-0.4, -0.2) is 64.4 Å². The predicted molar refractivity (Wildman–Crippen MR) is 96.9 cm³/mol. The van der Waals surface area contributed by atoms with Gasteiger partial charge in [-0.1, -0.05) is 17.8 Å². The third-order valence-corrected chi connectivity index (χ3v) is 6.51. The lowest BCUT2D eigenvalue weighted by molar-refractivity contribution is -0.160. The van der Waals surface area contributed by atoms with E-state index in [1.54, 1.807) is 12.3 Å². The van der Waals surface area contributed by atoms with E-state index in [-0.39, 0.29) is 42.9 Å². The second-order valence-electron chi connectivity index (χ2n) is 7.18. The summed E-state index contributed by atoms with van der Waals surface area (Å²) in [4.78, 5) is 51.5. The summed E-state index contributed by atoms with van der Waals surface area (Å²) >= 11 is 1.01. The van der Waals surface area contributed by atoms with Crippen LogP contribution < -0.4 is 10.6 Å². The number of amides is 3. The molecule has 1 saturated carbocycles. The third-order valence-electron chi connectivity index (χ3n) is 5.63. The summed E-state index contributed by atoms with van der Waals surface area (Å²) in [6.45, 7) is 1.17. The molecule has 3 rings (SSSR count). The van der Waals surface area contributed by atoms with E-state index in [9.17, 15) is 23.6 Å². The quantitative estimate of drug-likeness (QED) is 0.698. The Labute approximate surface area is 159 Å². The minimum atomic E-state index is -1.17. The summed E-state index contributed by atoms with van der Waals surface area (Å²) < 4.78 is 15.0. The van der Waals surface area contributed by atoms with Gasteiger partial charge in [0.15, 0.2) is 0 Å². The molecule has 1 aromatic rings. The van der Waals surface area contributed by atoms with Gasteiger partial charge < -0.3 is 15.5 Å². The second-order valence-corrected chi connectivity index (χ2v) is 8.00. The standard InChI is InChI=1S/C17H23FN4O4S/c1-11-10-27-16(26)22(11)9-13(23)21-6-5-20(8-12(21)7-18)15(25)17(14(19)24)3-2-4-17/h10,12H,2-9H2,1H3,(H2,19,24). The molecule has 148 valence electrons. The van der Waals surface area contributed by atoms with Crippen molar-refractivity contribution in [3.05, 3.63) is 20.7 Å². The van der Waals surface area contributed by atoms with E-state index >= 15 is 0 Å². The molecule has 2 N–H and O–H groups in total. The van der Waals surface area contributed by atoms with E-state index in [0.29, 0.717) is 18.5 Å². The normalized spacial score (nSPS) is 21.6. The minimum absolute atomic E-state index is 0.0214. The molecule has 8 nitrogen and oxygen atoms in total. The Morgan fingerprint density at radius 3 is 2.52 bits per heavy atom. The van der Waals surface area contributed by atoms with Crippen LogP contribution in [0.3, 0.4) is 0 Å². The molecule has 1 atom stereocenters. The maximum absolute atomic E-state index is 13.6. The number of hydrogen-bond donors (Lipinski definition) is 1. The van der Waals surface area contributed by atoms with Crippen LogP contribution in [0.1, 0.15) is 25.0 Å². The van der Waals surface area contributed by atoms with Gasteiger partial charge in [-0.15, -0.1) is 0 Å². The maximum Gasteiger partial charge on any atom is 0.307 e. The van der Waals surface area contributed by atoms with Gasteiger partial charge in [0, 0.05) is 30.7 Å². The summed E-state index contributed by atoms with van der Waals surface area (Å²) in [6, 6.07) is -0.796. The Morgan fingerprint density at radius 2 is 2.04 bits per heavy atom. The van der Waals surface area contributed by atoms with Gasteiger partial charge in [0.25, 0.3) is 0 Å². The van der Waals surface area contributed by atoms with Crippen LogP contribution in [0.5, 0.6) is 0 Å². The smallest absolute Gasteiger partial charge is 0.307 e. The summed E-state index contributed by atoms with van der Waals surface area (Å²) in [7, 11) is 0. The molecule has 0 radical (unpaired) electrons. The fourth-order valence-electron chi connectivity index (χ4n) is 3.72. The molecule has 1 aromatic heterocycles. The zero-order valence-corrected chi connectivity index (χ0v) is 16.0. The Kier molecular flexibility index (Phi) is 5.36. The molecule has 2 aliphatic rings. The van der Waals surface area contributed by atoms with Crippen LogP contribution in [0.15, 0.2) is 10.2 Å². The Morgan fingerprint density at radius 1 is 1.33 bits per heavy atom. The number of nitrogens with two attached hydrogens (primary N) is 1. The Bertz CT molecular complexity index is 816. The van der Waals surface area contributed by atoms with E-state index in [4.69, 9.17) is 5.73 Å². The maximum atomic E-state index is 13.6. The Balaban J connectivity index is 1.69. The number of carbonyl (C=O) groups excluding carboxylic acids is 3. The molecule has 10 heteroatoms. The number of carbonyl (C=O) groups is 3. The van der Waals surface area contributed by atoms with Crippen LogP contribution in [0.4, 0.5) is 4.39 Å². The van der Waals surface area contributed by atoms with Crippen molar-refractivity contribution >= 4 is 29.1 Å². The summed E-state index contributed by atoms with van der Waals surface area (Å²) in [5.74, 6) is -1.36. The number of aromatic nitrogens is 1. The highest BCUT2D eigenvalue weighted by molar-refractivity contribution is 7.07. The SMILES string of the molecule is Cc1csc(=O)n1CC(=O)N1CCN(C(=O)C2(C(N)=O)CCC2)CC1CF. The largest absolute Gasteiger partial charge is 0.369 e. The van der Waals surface area contributed by atoms with Crippen molar-refractivity contribution in [2.24, 2.45) is 11.1 Å². The molecule has 1 unspecified atom stereocenters. The van der Waals surface area contributed by atoms with E-state index < -0.39 is 24.0 Å². The molecule has 2 fully saturated rings. The first-order chi connectivity index (χ1) is 12.8. The van der Waals surface area contributed by atoms with Crippen LogP contribution in [-0.2, 0) is 20.9 Å². The lowest BCUT2D eigenvalue weighted by Gasteiger charge is -2.46. The number of piperazine rings is 1. The van der Waals surface area contributed by atoms with E-state index in [0.717, 1.165) is 17.8 Å². The van der Waals surface area contributed by atoms with E-state index in [2.05, 4.69) is 0 Å². The van der Waals surface area contributed by atoms with Crippen molar-refractivity contribution in [2.75, 3.05) is 26.3 Å². The van der Waals surface area contributed by atoms with Gasteiger partial charge in [-0.25, -0.2) is 4.39 Å². The van der Waals surface area contributed by atoms with E-state index in [1.807, 2.05) is 0 Å². The fourth-order valence-corrected chi connectivity index (χ4v) is 4.46. The number of halogens is 1.